The van der Waals surface area contributed by atoms with Crippen LogP contribution in [0.2, 0.25) is 18.1 Å². The van der Waals surface area contributed by atoms with Crippen molar-refractivity contribution in [3.63, 3.8) is 0 Å². The number of carbonyl (C=O) groups is 2. The standard InChI is InChI=1S/C30H37N3O5Si/c1-29(2,3)39(4,5)38-18-30(17-34)23-22(27(36)33(28(23)37)21-14-10-7-11-15-21)25-24(26(30)35)31-19-32(25)16-20-12-8-6-9-13-20/h6-15,19,22-23,26,34-35H,16-18H2,1-5H3/t22-,23-,26-,30-/m0/s1. The van der Waals surface area contributed by atoms with Gasteiger partial charge in [-0.3, -0.25) is 9.59 Å². The lowest BCUT2D eigenvalue weighted by Gasteiger charge is -2.47. The molecule has 2 heterocycles. The number of carbonyl (C=O) groups excluding carboxylic acids is 2. The monoisotopic (exact) mass is 547 g/mol. The fourth-order valence-corrected chi connectivity index (χ4v) is 6.65. The van der Waals surface area contributed by atoms with Crippen molar-refractivity contribution >= 4 is 25.8 Å². The van der Waals surface area contributed by atoms with Crippen molar-refractivity contribution in [3.8, 4) is 0 Å². The van der Waals surface area contributed by atoms with E-state index in [9.17, 15) is 19.8 Å². The van der Waals surface area contributed by atoms with Crippen molar-refractivity contribution < 1.29 is 24.2 Å². The van der Waals surface area contributed by atoms with Crippen LogP contribution in [-0.2, 0) is 20.6 Å². The third-order valence-corrected chi connectivity index (χ3v) is 13.4. The van der Waals surface area contributed by atoms with E-state index in [1.807, 2.05) is 41.0 Å². The van der Waals surface area contributed by atoms with E-state index >= 15 is 0 Å². The van der Waals surface area contributed by atoms with Crippen LogP contribution in [0.15, 0.2) is 67.0 Å². The molecule has 2 aliphatic rings. The number of nitrogens with zero attached hydrogens (tertiary/aromatic N) is 3. The molecule has 206 valence electrons. The van der Waals surface area contributed by atoms with Gasteiger partial charge in [-0.2, -0.15) is 0 Å². The van der Waals surface area contributed by atoms with Gasteiger partial charge in [0.25, 0.3) is 0 Å². The number of para-hydroxylation sites is 1. The summed E-state index contributed by atoms with van der Waals surface area (Å²) in [5.41, 5.74) is 0.862. The fourth-order valence-electron chi connectivity index (χ4n) is 5.59. The fraction of sp³-hybridized carbons (Fsp3) is 0.433. The normalized spacial score (nSPS) is 25.1. The van der Waals surface area contributed by atoms with Crippen molar-refractivity contribution in [2.45, 2.75) is 57.5 Å². The summed E-state index contributed by atoms with van der Waals surface area (Å²) in [6, 6.07) is 18.6. The Kier molecular flexibility index (Phi) is 6.91. The predicted octanol–water partition coefficient (Wildman–Crippen LogP) is 4.25. The van der Waals surface area contributed by atoms with Gasteiger partial charge in [-0.15, -0.1) is 0 Å². The maximum absolute atomic E-state index is 14.2. The molecule has 3 aromatic rings. The third-order valence-electron chi connectivity index (χ3n) is 8.94. The van der Waals surface area contributed by atoms with Crippen LogP contribution in [0.4, 0.5) is 5.69 Å². The quantitative estimate of drug-likeness (QED) is 0.339. The number of aromatic nitrogens is 2. The van der Waals surface area contributed by atoms with Crippen LogP contribution in [0, 0.1) is 11.3 Å². The molecule has 8 nitrogen and oxygen atoms in total. The van der Waals surface area contributed by atoms with Crippen molar-refractivity contribution in [2.24, 2.45) is 11.3 Å². The van der Waals surface area contributed by atoms with Crippen LogP contribution >= 0.6 is 0 Å². The lowest BCUT2D eigenvalue weighted by Crippen LogP contribution is -2.54. The van der Waals surface area contributed by atoms with E-state index in [2.05, 4.69) is 38.8 Å². The van der Waals surface area contributed by atoms with Crippen molar-refractivity contribution in [1.82, 2.24) is 9.55 Å². The Morgan fingerprint density at radius 2 is 1.62 bits per heavy atom. The molecule has 1 aliphatic heterocycles. The maximum Gasteiger partial charge on any atom is 0.243 e. The van der Waals surface area contributed by atoms with E-state index in [-0.39, 0.29) is 17.6 Å². The van der Waals surface area contributed by atoms with E-state index in [1.165, 1.54) is 4.90 Å². The number of fused-ring (bicyclic) bond motifs is 3. The molecule has 2 amide bonds. The van der Waals surface area contributed by atoms with Crippen LogP contribution in [0.1, 0.15) is 49.7 Å². The second-order valence-electron chi connectivity index (χ2n) is 12.3. The highest BCUT2D eigenvalue weighted by atomic mass is 28.4. The Bertz CT molecular complexity index is 1370. The zero-order valence-corrected chi connectivity index (χ0v) is 24.2. The van der Waals surface area contributed by atoms with Crippen LogP contribution in [0.5, 0.6) is 0 Å². The number of hydrogen-bond donors (Lipinski definition) is 2. The number of aliphatic hydroxyl groups excluding tert-OH is 2. The number of anilines is 1. The zero-order chi connectivity index (χ0) is 28.2. The largest absolute Gasteiger partial charge is 0.416 e. The minimum Gasteiger partial charge on any atom is -0.416 e. The van der Waals surface area contributed by atoms with Crippen LogP contribution < -0.4 is 4.90 Å². The van der Waals surface area contributed by atoms with Gasteiger partial charge in [0, 0.05) is 13.2 Å². The summed E-state index contributed by atoms with van der Waals surface area (Å²) >= 11 is 0. The third kappa shape index (κ3) is 4.37. The number of aliphatic hydroxyl groups is 2. The highest BCUT2D eigenvalue weighted by Gasteiger charge is 2.66. The Balaban J connectivity index is 1.65. The summed E-state index contributed by atoms with van der Waals surface area (Å²) in [5.74, 6) is -2.77. The predicted molar refractivity (Wildman–Crippen MR) is 151 cm³/mol. The molecule has 4 atom stereocenters. The summed E-state index contributed by atoms with van der Waals surface area (Å²) in [7, 11) is -2.34. The first kappa shape index (κ1) is 27.5. The van der Waals surface area contributed by atoms with Gasteiger partial charge in [0.15, 0.2) is 8.32 Å². The highest BCUT2D eigenvalue weighted by molar-refractivity contribution is 6.74. The summed E-state index contributed by atoms with van der Waals surface area (Å²) in [6.07, 6.45) is 0.316. The Morgan fingerprint density at radius 3 is 2.21 bits per heavy atom. The summed E-state index contributed by atoms with van der Waals surface area (Å²) < 4.78 is 8.40. The van der Waals surface area contributed by atoms with Crippen LogP contribution in [-0.4, -0.2) is 53.1 Å². The summed E-state index contributed by atoms with van der Waals surface area (Å²) in [5, 5.41) is 22.7. The molecule has 0 radical (unpaired) electrons. The topological polar surface area (TPSA) is 105 Å². The molecule has 1 saturated heterocycles. The Hall–Kier alpha value is -3.11. The first-order valence-corrected chi connectivity index (χ1v) is 16.3. The molecule has 2 aromatic carbocycles. The number of imidazole rings is 1. The summed E-state index contributed by atoms with van der Waals surface area (Å²) in [4.78, 5) is 34.1. The zero-order valence-electron chi connectivity index (χ0n) is 23.2. The SMILES string of the molecule is CC(C)(C)[Si](C)(C)OC[C@@]1(CO)[C@@H]2C(=O)N(c3ccccc3)C(=O)[C@@H]2c2c(ncn2Cc2ccccc2)[C@@H]1O. The number of rotatable bonds is 7. The second kappa shape index (κ2) is 9.82. The van der Waals surface area contributed by atoms with Gasteiger partial charge in [-0.1, -0.05) is 69.3 Å². The van der Waals surface area contributed by atoms with Gasteiger partial charge >= 0.3 is 0 Å². The van der Waals surface area contributed by atoms with E-state index in [0.29, 0.717) is 23.6 Å². The van der Waals surface area contributed by atoms with Crippen molar-refractivity contribution in [2.75, 3.05) is 18.1 Å². The van der Waals surface area contributed by atoms with Crippen LogP contribution in [0.3, 0.4) is 0 Å². The molecule has 1 aliphatic carbocycles. The molecule has 5 rings (SSSR count). The molecular formula is C30H37N3O5Si. The van der Waals surface area contributed by atoms with Gasteiger partial charge in [0.05, 0.1) is 47.3 Å². The second-order valence-corrected chi connectivity index (χ2v) is 17.1. The van der Waals surface area contributed by atoms with Gasteiger partial charge < -0.3 is 19.2 Å². The lowest BCUT2D eigenvalue weighted by molar-refractivity contribution is -0.142. The smallest absolute Gasteiger partial charge is 0.243 e. The Labute approximate surface area is 230 Å². The molecule has 0 saturated carbocycles. The molecular weight excluding hydrogens is 510 g/mol. The average Bonchev–Trinajstić information content (AvgIpc) is 3.43. The highest BCUT2D eigenvalue weighted by Crippen LogP contribution is 2.57. The van der Waals surface area contributed by atoms with Gasteiger partial charge in [-0.25, -0.2) is 9.88 Å². The number of amides is 2. The average molecular weight is 548 g/mol. The minimum absolute atomic E-state index is 0.0606. The van der Waals surface area contributed by atoms with Crippen LogP contribution in [0.25, 0.3) is 0 Å². The summed E-state index contributed by atoms with van der Waals surface area (Å²) in [6.45, 7) is 10.3. The molecule has 0 spiro atoms. The first-order valence-electron chi connectivity index (χ1n) is 13.4. The number of imide groups is 1. The molecule has 1 fully saturated rings. The van der Waals surface area contributed by atoms with Gasteiger partial charge in [0.2, 0.25) is 11.8 Å². The van der Waals surface area contributed by atoms with Gasteiger partial charge in [-0.05, 0) is 35.8 Å². The van der Waals surface area contributed by atoms with E-state index in [4.69, 9.17) is 4.43 Å². The minimum atomic E-state index is -2.34. The molecule has 1 aromatic heterocycles. The van der Waals surface area contributed by atoms with E-state index < -0.39 is 44.2 Å². The lowest BCUT2D eigenvalue weighted by atomic mass is 9.61. The number of hydrogen-bond acceptors (Lipinski definition) is 6. The number of benzene rings is 2. The van der Waals surface area contributed by atoms with E-state index in [1.54, 1.807) is 30.6 Å². The molecule has 2 N–H and O–H groups in total. The van der Waals surface area contributed by atoms with Crippen molar-refractivity contribution in [3.05, 3.63) is 83.9 Å². The maximum atomic E-state index is 14.2. The Morgan fingerprint density at radius 1 is 1.00 bits per heavy atom. The van der Waals surface area contributed by atoms with E-state index in [0.717, 1.165) is 5.56 Å². The first-order chi connectivity index (χ1) is 18.4. The van der Waals surface area contributed by atoms with Gasteiger partial charge in [0.1, 0.15) is 6.10 Å². The van der Waals surface area contributed by atoms with Crippen molar-refractivity contribution in [1.29, 1.82) is 0 Å². The molecule has 0 bridgehead atoms. The molecule has 9 heteroatoms. The molecule has 39 heavy (non-hydrogen) atoms. The molecule has 0 unspecified atom stereocenters.